The average molecular weight is 286 g/mol. The van der Waals surface area contributed by atoms with Gasteiger partial charge in [0.2, 0.25) is 0 Å². The molecule has 3 nitrogen and oxygen atoms in total. The molecular formula is C17H19FN2O. The zero-order valence-electron chi connectivity index (χ0n) is 12.1. The summed E-state index contributed by atoms with van der Waals surface area (Å²) in [4.78, 5) is 2.01. The molecule has 0 aromatic heterocycles. The van der Waals surface area contributed by atoms with Gasteiger partial charge in [-0.05, 0) is 30.7 Å². The number of fused-ring (bicyclic) bond motifs is 1. The molecule has 0 bridgehead atoms. The third-order valence-electron chi connectivity index (χ3n) is 3.79. The Balaban J connectivity index is 1.91. The van der Waals surface area contributed by atoms with Gasteiger partial charge in [-0.15, -0.1) is 0 Å². The van der Waals surface area contributed by atoms with Crippen LogP contribution < -0.4 is 15.4 Å². The summed E-state index contributed by atoms with van der Waals surface area (Å²) in [5, 5.41) is 0. The number of benzene rings is 2. The van der Waals surface area contributed by atoms with Crippen LogP contribution in [0.3, 0.4) is 0 Å². The van der Waals surface area contributed by atoms with Crippen molar-refractivity contribution in [3.05, 3.63) is 59.4 Å². The molecule has 0 saturated heterocycles. The monoisotopic (exact) mass is 286 g/mol. The molecule has 21 heavy (non-hydrogen) atoms. The van der Waals surface area contributed by atoms with Gasteiger partial charge < -0.3 is 15.4 Å². The van der Waals surface area contributed by atoms with E-state index in [-0.39, 0.29) is 11.9 Å². The largest absolute Gasteiger partial charge is 0.491 e. The van der Waals surface area contributed by atoms with Crippen LogP contribution in [0.4, 0.5) is 10.1 Å². The molecule has 3 rings (SSSR count). The Morgan fingerprint density at radius 2 is 2.05 bits per heavy atom. The first kappa shape index (κ1) is 13.9. The van der Waals surface area contributed by atoms with Gasteiger partial charge in [-0.25, -0.2) is 4.39 Å². The Morgan fingerprint density at radius 1 is 1.24 bits per heavy atom. The molecule has 1 atom stereocenters. The zero-order chi connectivity index (χ0) is 14.8. The second kappa shape index (κ2) is 5.74. The van der Waals surface area contributed by atoms with E-state index in [1.165, 1.54) is 6.07 Å². The van der Waals surface area contributed by atoms with Crippen molar-refractivity contribution in [2.45, 2.75) is 19.5 Å². The van der Waals surface area contributed by atoms with Crippen molar-refractivity contribution < 1.29 is 9.13 Å². The van der Waals surface area contributed by atoms with Crippen LogP contribution in [0.2, 0.25) is 0 Å². The van der Waals surface area contributed by atoms with Crippen LogP contribution in [0.15, 0.2) is 42.5 Å². The number of nitrogens with two attached hydrogens (primary N) is 1. The van der Waals surface area contributed by atoms with E-state index in [1.54, 1.807) is 0 Å². The number of hydrogen-bond donors (Lipinski definition) is 1. The summed E-state index contributed by atoms with van der Waals surface area (Å²) in [6.45, 7) is 3.70. The van der Waals surface area contributed by atoms with Gasteiger partial charge in [0.05, 0.1) is 12.2 Å². The predicted octanol–water partition coefficient (Wildman–Crippen LogP) is 3.24. The first-order valence-corrected chi connectivity index (χ1v) is 7.16. The molecule has 0 fully saturated rings. The highest BCUT2D eigenvalue weighted by atomic mass is 19.1. The molecule has 0 aliphatic carbocycles. The first-order valence-electron chi connectivity index (χ1n) is 7.16. The SMILES string of the molecule is C[C@@H](N)c1ccc(N2CCOc3ccccc3C2)c(F)c1. The maximum Gasteiger partial charge on any atom is 0.146 e. The van der Waals surface area contributed by atoms with E-state index in [0.717, 1.165) is 16.9 Å². The maximum absolute atomic E-state index is 14.4. The lowest BCUT2D eigenvalue weighted by Crippen LogP contribution is -2.26. The lowest BCUT2D eigenvalue weighted by Gasteiger charge is -2.23. The number of ether oxygens (including phenoxy) is 1. The Bertz CT molecular complexity index is 642. The number of hydrogen-bond acceptors (Lipinski definition) is 3. The van der Waals surface area contributed by atoms with Gasteiger partial charge in [-0.2, -0.15) is 0 Å². The van der Waals surface area contributed by atoms with Gasteiger partial charge in [0.25, 0.3) is 0 Å². The van der Waals surface area contributed by atoms with Gasteiger partial charge in [0.15, 0.2) is 0 Å². The summed E-state index contributed by atoms with van der Waals surface area (Å²) in [5.74, 6) is 0.650. The van der Waals surface area contributed by atoms with Crippen LogP contribution in [-0.2, 0) is 6.54 Å². The van der Waals surface area contributed by atoms with Gasteiger partial charge in [0, 0.05) is 18.2 Å². The molecule has 110 valence electrons. The molecule has 0 unspecified atom stereocenters. The molecule has 0 radical (unpaired) electrons. The Labute approximate surface area is 124 Å². The second-order valence-electron chi connectivity index (χ2n) is 5.38. The van der Waals surface area contributed by atoms with E-state index >= 15 is 0 Å². The minimum Gasteiger partial charge on any atom is -0.491 e. The first-order chi connectivity index (χ1) is 10.1. The van der Waals surface area contributed by atoms with E-state index in [2.05, 4.69) is 0 Å². The van der Waals surface area contributed by atoms with E-state index in [9.17, 15) is 4.39 Å². The highest BCUT2D eigenvalue weighted by molar-refractivity contribution is 5.51. The van der Waals surface area contributed by atoms with E-state index in [4.69, 9.17) is 10.5 Å². The van der Waals surface area contributed by atoms with Crippen molar-refractivity contribution in [1.82, 2.24) is 0 Å². The quantitative estimate of drug-likeness (QED) is 0.921. The van der Waals surface area contributed by atoms with Crippen LogP contribution in [0.1, 0.15) is 24.1 Å². The maximum atomic E-state index is 14.4. The Hall–Kier alpha value is -2.07. The van der Waals surface area contributed by atoms with Crippen molar-refractivity contribution >= 4 is 5.69 Å². The van der Waals surface area contributed by atoms with Crippen LogP contribution in [0, 0.1) is 5.82 Å². The summed E-state index contributed by atoms with van der Waals surface area (Å²) >= 11 is 0. The lowest BCUT2D eigenvalue weighted by molar-refractivity contribution is 0.331. The topological polar surface area (TPSA) is 38.5 Å². The Kier molecular flexibility index (Phi) is 3.80. The summed E-state index contributed by atoms with van der Waals surface area (Å²) in [6, 6.07) is 13.0. The molecule has 0 saturated carbocycles. The number of nitrogens with zero attached hydrogens (tertiary/aromatic N) is 1. The van der Waals surface area contributed by atoms with E-state index in [0.29, 0.717) is 25.4 Å². The van der Waals surface area contributed by atoms with Crippen molar-refractivity contribution in [1.29, 1.82) is 0 Å². The molecule has 2 N–H and O–H groups in total. The standard InChI is InChI=1S/C17H19FN2O/c1-12(19)13-6-7-16(15(18)10-13)20-8-9-21-17-5-3-2-4-14(17)11-20/h2-7,10,12H,8-9,11,19H2,1H3/t12-/m1/s1. The van der Waals surface area contributed by atoms with Crippen molar-refractivity contribution in [2.75, 3.05) is 18.1 Å². The highest BCUT2D eigenvalue weighted by Crippen LogP contribution is 2.28. The van der Waals surface area contributed by atoms with Crippen LogP contribution in [0.5, 0.6) is 5.75 Å². The van der Waals surface area contributed by atoms with Gasteiger partial charge in [-0.1, -0.05) is 24.3 Å². The smallest absolute Gasteiger partial charge is 0.146 e. The minimum absolute atomic E-state index is 0.165. The molecule has 2 aromatic carbocycles. The molecule has 0 spiro atoms. The van der Waals surface area contributed by atoms with Gasteiger partial charge in [0.1, 0.15) is 18.2 Å². The zero-order valence-corrected chi connectivity index (χ0v) is 12.1. The van der Waals surface area contributed by atoms with Crippen molar-refractivity contribution in [3.8, 4) is 5.75 Å². The molecule has 0 amide bonds. The highest BCUT2D eigenvalue weighted by Gasteiger charge is 2.18. The summed E-state index contributed by atoms with van der Waals surface area (Å²) in [6.07, 6.45) is 0. The van der Waals surface area contributed by atoms with Crippen LogP contribution in [-0.4, -0.2) is 13.2 Å². The number of rotatable bonds is 2. The second-order valence-corrected chi connectivity index (χ2v) is 5.38. The summed E-state index contributed by atoms with van der Waals surface area (Å²) < 4.78 is 20.1. The molecule has 4 heteroatoms. The lowest BCUT2D eigenvalue weighted by atomic mass is 10.1. The number of anilines is 1. The fourth-order valence-corrected chi connectivity index (χ4v) is 2.59. The molecule has 1 aliphatic heterocycles. The van der Waals surface area contributed by atoms with Gasteiger partial charge in [-0.3, -0.25) is 0 Å². The third-order valence-corrected chi connectivity index (χ3v) is 3.79. The molecule has 1 aliphatic rings. The van der Waals surface area contributed by atoms with Gasteiger partial charge >= 0.3 is 0 Å². The van der Waals surface area contributed by atoms with Crippen LogP contribution >= 0.6 is 0 Å². The Morgan fingerprint density at radius 3 is 2.81 bits per heavy atom. The van der Waals surface area contributed by atoms with Crippen LogP contribution in [0.25, 0.3) is 0 Å². The van der Waals surface area contributed by atoms with Crippen molar-refractivity contribution in [2.24, 2.45) is 5.73 Å². The summed E-state index contributed by atoms with van der Waals surface area (Å²) in [5.41, 5.74) is 8.28. The molecule has 1 heterocycles. The fraction of sp³-hybridized carbons (Fsp3) is 0.294. The third kappa shape index (κ3) is 2.85. The fourth-order valence-electron chi connectivity index (χ4n) is 2.59. The number of halogens is 1. The van der Waals surface area contributed by atoms with E-state index < -0.39 is 0 Å². The van der Waals surface area contributed by atoms with E-state index in [1.807, 2.05) is 48.2 Å². The average Bonchev–Trinajstić information content (AvgIpc) is 2.69. The minimum atomic E-state index is -0.232. The summed E-state index contributed by atoms with van der Waals surface area (Å²) in [7, 11) is 0. The normalized spacial score (nSPS) is 15.9. The number of para-hydroxylation sites is 1. The molecule has 2 aromatic rings. The predicted molar refractivity (Wildman–Crippen MR) is 82.0 cm³/mol. The van der Waals surface area contributed by atoms with Crippen molar-refractivity contribution in [3.63, 3.8) is 0 Å². The molecular weight excluding hydrogens is 267 g/mol.